The van der Waals surface area contributed by atoms with Crippen LogP contribution in [0.5, 0.6) is 0 Å². The van der Waals surface area contributed by atoms with Crippen molar-refractivity contribution in [2.45, 2.75) is 13.8 Å². The molecule has 0 fully saturated rings. The van der Waals surface area contributed by atoms with Crippen molar-refractivity contribution in [3.63, 3.8) is 0 Å². The minimum atomic E-state index is -3.75. The zero-order chi connectivity index (χ0) is 8.20. The van der Waals surface area contributed by atoms with E-state index in [1.54, 1.807) is 6.92 Å². The van der Waals surface area contributed by atoms with Crippen molar-refractivity contribution < 1.29 is 13.0 Å². The molecule has 0 saturated carbocycles. The summed E-state index contributed by atoms with van der Waals surface area (Å²) in [7, 11) is -3.69. The van der Waals surface area contributed by atoms with Crippen molar-refractivity contribution in [3.8, 4) is 0 Å². The zero-order valence-corrected chi connectivity index (χ0v) is 8.47. The van der Waals surface area contributed by atoms with Gasteiger partial charge >= 0.3 is 112 Å². The van der Waals surface area contributed by atoms with E-state index >= 15 is 0 Å². The summed E-state index contributed by atoms with van der Waals surface area (Å²) in [5.74, 6) is 1.26. The number of hydrogen-bond donors (Lipinski definition) is 2. The Morgan fingerprint density at radius 2 is 1.75 bits per heavy atom. The molecule has 3 nitrogen and oxygen atoms in total. The summed E-state index contributed by atoms with van der Waals surface area (Å²) >= 11 is 0. The predicted octanol–water partition coefficient (Wildman–Crippen LogP) is 0.181. The Morgan fingerprint density at radius 3 is 1.83 bits per heavy atom. The molecule has 0 aromatic carbocycles. The van der Waals surface area contributed by atoms with E-state index in [2.05, 4.69) is 0 Å². The van der Waals surface area contributed by atoms with Gasteiger partial charge in [0.1, 0.15) is 0 Å². The molecule has 68 valence electrons. The maximum atomic E-state index is 10.5. The molecule has 12 heavy (non-hydrogen) atoms. The molecule has 1 atom stereocenters. The maximum absolute atomic E-state index is 10.5. The van der Waals surface area contributed by atoms with Gasteiger partial charge in [-0.25, -0.2) is 0 Å². The van der Waals surface area contributed by atoms with Gasteiger partial charge in [0.15, 0.2) is 0 Å². The first-order valence-corrected chi connectivity index (χ1v) is 8.06. The molecular weight excluding hydrogens is 270 g/mol. The van der Waals surface area contributed by atoms with Crippen LogP contribution in [-0.2, 0) is 9.15 Å². The molecule has 0 aliphatic carbocycles. The summed E-state index contributed by atoms with van der Waals surface area (Å²) in [4.78, 5) is 0. The third kappa shape index (κ3) is 10.4. The van der Waals surface area contributed by atoms with Crippen LogP contribution in [0.3, 0.4) is 0 Å². The predicted molar refractivity (Wildman–Crippen MR) is 63.5 cm³/mol. The Bertz CT molecular complexity index is 182. The van der Waals surface area contributed by atoms with Crippen LogP contribution in [0.15, 0.2) is 0 Å². The Hall–Kier alpha value is 3.88. The first-order chi connectivity index (χ1) is 4.52. The van der Waals surface area contributed by atoms with Crippen LogP contribution in [0.2, 0.25) is 0 Å². The summed E-state index contributed by atoms with van der Waals surface area (Å²) in [6.45, 7) is 3.64. The quantitative estimate of drug-likeness (QED) is 0.335. The zero-order valence-electron chi connectivity index (χ0n) is 5.94. The first kappa shape index (κ1) is 21.2. The van der Waals surface area contributed by atoms with Crippen molar-refractivity contribution >= 4 is 132 Å². The fourth-order valence-electron chi connectivity index (χ4n) is 0.465. The van der Waals surface area contributed by atoms with Gasteiger partial charge in [0, 0.05) is 5.75 Å². The van der Waals surface area contributed by atoms with Crippen LogP contribution >= 0.6 is 19.8 Å². The van der Waals surface area contributed by atoms with Gasteiger partial charge in [-0.05, 0) is 5.75 Å². The van der Waals surface area contributed by atoms with Crippen molar-refractivity contribution in [2.75, 3.05) is 11.5 Å². The molecule has 0 saturated heterocycles. The molecule has 0 amide bonds. The summed E-state index contributed by atoms with van der Waals surface area (Å²) in [6, 6.07) is 0. The Morgan fingerprint density at radius 1 is 1.33 bits per heavy atom. The number of hydrogen-bond acceptors (Lipinski definition) is 3. The molecule has 0 radical (unpaired) electrons. The summed E-state index contributed by atoms with van der Waals surface area (Å²) in [5.41, 5.74) is 0. The molecule has 0 aromatic heterocycles. The summed E-state index contributed by atoms with van der Waals surface area (Å²) in [6.07, 6.45) is 0. The Labute approximate surface area is 165 Å². The van der Waals surface area contributed by atoms with Crippen molar-refractivity contribution in [3.05, 3.63) is 0 Å². The number of rotatable bonds is 4. The van der Waals surface area contributed by atoms with Crippen molar-refractivity contribution in [1.82, 2.24) is 0 Å². The average molecular weight is 285 g/mol. The molecule has 0 heterocycles. The van der Waals surface area contributed by atoms with Crippen LogP contribution in [0.25, 0.3) is 0 Å². The van der Waals surface area contributed by atoms with Gasteiger partial charge in [-0.3, -0.25) is 4.55 Å². The van der Waals surface area contributed by atoms with Gasteiger partial charge in [-0.1, -0.05) is 22.8 Å². The van der Waals surface area contributed by atoms with E-state index in [0.29, 0.717) is 5.75 Å². The first-order valence-electron chi connectivity index (χ1n) is 2.90. The van der Waals surface area contributed by atoms with E-state index in [0.717, 1.165) is 5.75 Å². The summed E-state index contributed by atoms with van der Waals surface area (Å²) < 4.78 is 29.6. The van der Waals surface area contributed by atoms with E-state index < -0.39 is 18.1 Å². The van der Waals surface area contributed by atoms with E-state index in [9.17, 15) is 8.42 Å². The van der Waals surface area contributed by atoms with Crippen LogP contribution in [0, 0.1) is 0 Å². The molecule has 0 spiro atoms. The van der Waals surface area contributed by atoms with E-state index in [4.69, 9.17) is 4.55 Å². The Kier molecular flexibility index (Phi) is 20.1. The van der Waals surface area contributed by atoms with Crippen LogP contribution in [0.1, 0.15) is 13.8 Å². The van der Waals surface area contributed by atoms with Gasteiger partial charge in [0.2, 0.25) is 0 Å². The molecule has 0 aliphatic rings. The molecule has 1 unspecified atom stereocenters. The molecule has 8 heteroatoms. The Balaban J connectivity index is -0.000000405. The van der Waals surface area contributed by atoms with Gasteiger partial charge in [-0.2, -0.15) is 8.42 Å². The average Bonchev–Trinajstić information content (AvgIpc) is 1.80. The third-order valence-corrected chi connectivity index (χ3v) is 9.74. The SMILES string of the molecule is CCS[SH](CC)S(=O)(=O)O.[KH].[KH]. The van der Waals surface area contributed by atoms with Gasteiger partial charge in [0.25, 0.3) is 0 Å². The minimum absolute atomic E-state index is 0. The van der Waals surface area contributed by atoms with Crippen LogP contribution in [-0.4, -0.2) is 127 Å². The van der Waals surface area contributed by atoms with Crippen molar-refractivity contribution in [2.24, 2.45) is 0 Å². The van der Waals surface area contributed by atoms with Crippen LogP contribution < -0.4 is 0 Å². The van der Waals surface area contributed by atoms with Gasteiger partial charge < -0.3 is 0 Å². The second kappa shape index (κ2) is 11.4. The molecular formula is C4H14K2O3S3. The molecule has 1 N–H and O–H groups in total. The van der Waals surface area contributed by atoms with E-state index in [-0.39, 0.29) is 103 Å². The monoisotopic (exact) mass is 284 g/mol. The standard InChI is InChI=1S/C4H12O3S3.2K.2H/c1-3-8-9(4-2)10(5,6)7;;;;/h9H,3-4H2,1-2H3,(H,5,6,7);;;;. The van der Waals surface area contributed by atoms with Crippen LogP contribution in [0.4, 0.5) is 0 Å². The number of thiol groups is 1. The summed E-state index contributed by atoms with van der Waals surface area (Å²) in [5, 5.41) is 0. The van der Waals surface area contributed by atoms with Gasteiger partial charge in [-0.15, -0.1) is 10.8 Å². The van der Waals surface area contributed by atoms with E-state index in [1.165, 1.54) is 10.8 Å². The fraction of sp³-hybridized carbons (Fsp3) is 1.00. The fourth-order valence-corrected chi connectivity index (χ4v) is 6.33. The third-order valence-electron chi connectivity index (χ3n) is 0.789. The topological polar surface area (TPSA) is 54.4 Å². The molecule has 0 aliphatic heterocycles. The van der Waals surface area contributed by atoms with Crippen molar-refractivity contribution in [1.29, 1.82) is 0 Å². The normalized spacial score (nSPS) is 14.1. The van der Waals surface area contributed by atoms with Gasteiger partial charge in [0.05, 0.1) is 0 Å². The van der Waals surface area contributed by atoms with E-state index in [1.807, 2.05) is 6.92 Å². The molecule has 0 aromatic rings. The second-order valence-corrected chi connectivity index (χ2v) is 10.0. The second-order valence-electron chi connectivity index (χ2n) is 1.51. The molecule has 0 rings (SSSR count). The molecule has 0 bridgehead atoms.